The zero-order valence-electron chi connectivity index (χ0n) is 16.5. The van der Waals surface area contributed by atoms with Crippen LogP contribution in [0.3, 0.4) is 0 Å². The number of aryl methyl sites for hydroxylation is 1. The van der Waals surface area contributed by atoms with Gasteiger partial charge in [-0.3, -0.25) is 4.79 Å². The summed E-state index contributed by atoms with van der Waals surface area (Å²) in [5.74, 6) is 1.02. The highest BCUT2D eigenvalue weighted by Gasteiger charge is 2.35. The van der Waals surface area contributed by atoms with Gasteiger partial charge in [0.05, 0.1) is 12.7 Å². The van der Waals surface area contributed by atoms with E-state index < -0.39 is 5.60 Å². The van der Waals surface area contributed by atoms with Gasteiger partial charge < -0.3 is 19.5 Å². The number of likely N-dealkylation sites (tertiary alicyclic amines) is 1. The first-order chi connectivity index (χ1) is 13.5. The molecule has 0 unspecified atom stereocenters. The SMILES string of the molecule is C=CCOc1ccc(C(=O)N2CCC(O)(c3cccc(C)c3)CC2)cc1OC. The van der Waals surface area contributed by atoms with Crippen LogP contribution in [-0.2, 0) is 5.60 Å². The van der Waals surface area contributed by atoms with Crippen LogP contribution >= 0.6 is 0 Å². The van der Waals surface area contributed by atoms with E-state index in [9.17, 15) is 9.90 Å². The second kappa shape index (κ2) is 8.48. The molecule has 0 aromatic heterocycles. The average Bonchev–Trinajstić information content (AvgIpc) is 2.72. The van der Waals surface area contributed by atoms with Crippen LogP contribution in [0.5, 0.6) is 11.5 Å². The van der Waals surface area contributed by atoms with Gasteiger partial charge in [-0.15, -0.1) is 0 Å². The molecule has 1 fully saturated rings. The number of amides is 1. The monoisotopic (exact) mass is 381 g/mol. The predicted molar refractivity (Wildman–Crippen MR) is 109 cm³/mol. The van der Waals surface area contributed by atoms with E-state index in [-0.39, 0.29) is 5.91 Å². The van der Waals surface area contributed by atoms with Crippen molar-refractivity contribution in [2.45, 2.75) is 25.4 Å². The number of piperidine rings is 1. The van der Waals surface area contributed by atoms with Crippen molar-refractivity contribution in [3.8, 4) is 11.5 Å². The molecule has 0 bridgehead atoms. The summed E-state index contributed by atoms with van der Waals surface area (Å²) < 4.78 is 10.9. The van der Waals surface area contributed by atoms with Crippen LogP contribution in [0.15, 0.2) is 55.1 Å². The van der Waals surface area contributed by atoms with Gasteiger partial charge in [0.15, 0.2) is 11.5 Å². The standard InChI is InChI=1S/C23H27NO4/c1-4-14-28-20-9-8-18(16-21(20)27-3)22(25)24-12-10-23(26,11-13-24)19-7-5-6-17(2)15-19/h4-9,15-16,26H,1,10-14H2,2-3H3. The van der Waals surface area contributed by atoms with E-state index >= 15 is 0 Å². The Bertz CT molecular complexity index is 853. The summed E-state index contributed by atoms with van der Waals surface area (Å²) in [5, 5.41) is 11.1. The lowest BCUT2D eigenvalue weighted by atomic mass is 9.83. The lowest BCUT2D eigenvalue weighted by Crippen LogP contribution is -2.45. The van der Waals surface area contributed by atoms with Crippen molar-refractivity contribution in [3.05, 3.63) is 71.8 Å². The van der Waals surface area contributed by atoms with Crippen LogP contribution in [0, 0.1) is 6.92 Å². The fraction of sp³-hybridized carbons (Fsp3) is 0.348. The zero-order valence-corrected chi connectivity index (χ0v) is 16.5. The minimum Gasteiger partial charge on any atom is -0.493 e. The molecule has 0 spiro atoms. The van der Waals surface area contributed by atoms with Crippen molar-refractivity contribution >= 4 is 5.91 Å². The molecule has 28 heavy (non-hydrogen) atoms. The summed E-state index contributed by atoms with van der Waals surface area (Å²) in [4.78, 5) is 14.7. The largest absolute Gasteiger partial charge is 0.493 e. The van der Waals surface area contributed by atoms with Gasteiger partial charge in [0, 0.05) is 18.7 Å². The maximum Gasteiger partial charge on any atom is 0.253 e. The molecule has 5 nitrogen and oxygen atoms in total. The van der Waals surface area contributed by atoms with Crippen LogP contribution in [0.25, 0.3) is 0 Å². The van der Waals surface area contributed by atoms with E-state index in [1.807, 2.05) is 31.2 Å². The van der Waals surface area contributed by atoms with Crippen molar-refractivity contribution < 1.29 is 19.4 Å². The quantitative estimate of drug-likeness (QED) is 0.776. The number of benzene rings is 2. The number of carbonyl (C=O) groups is 1. The Balaban J connectivity index is 1.70. The molecule has 0 aliphatic carbocycles. The maximum atomic E-state index is 12.9. The Morgan fingerprint density at radius 2 is 1.96 bits per heavy atom. The van der Waals surface area contributed by atoms with Crippen molar-refractivity contribution in [1.29, 1.82) is 0 Å². The molecule has 2 aromatic carbocycles. The molecule has 0 atom stereocenters. The highest BCUT2D eigenvalue weighted by Crippen LogP contribution is 2.34. The number of methoxy groups -OCH3 is 1. The van der Waals surface area contributed by atoms with Crippen molar-refractivity contribution in [2.75, 3.05) is 26.8 Å². The van der Waals surface area contributed by atoms with Crippen LogP contribution in [-0.4, -0.2) is 42.7 Å². The highest BCUT2D eigenvalue weighted by atomic mass is 16.5. The lowest BCUT2D eigenvalue weighted by Gasteiger charge is -2.38. The first kappa shape index (κ1) is 20.0. The second-order valence-corrected chi connectivity index (χ2v) is 7.16. The topological polar surface area (TPSA) is 59.0 Å². The number of hydrogen-bond donors (Lipinski definition) is 1. The minimum atomic E-state index is -0.886. The Hall–Kier alpha value is -2.79. The van der Waals surface area contributed by atoms with Gasteiger partial charge in [0.1, 0.15) is 6.61 Å². The number of aliphatic hydroxyl groups is 1. The molecule has 148 valence electrons. The van der Waals surface area contributed by atoms with Crippen molar-refractivity contribution in [1.82, 2.24) is 4.90 Å². The first-order valence-electron chi connectivity index (χ1n) is 9.47. The molecular formula is C23H27NO4. The molecule has 5 heteroatoms. The molecular weight excluding hydrogens is 354 g/mol. The maximum absolute atomic E-state index is 12.9. The van der Waals surface area contributed by atoms with Gasteiger partial charge in [-0.2, -0.15) is 0 Å². The number of hydrogen-bond acceptors (Lipinski definition) is 4. The van der Waals surface area contributed by atoms with Crippen LogP contribution in [0.2, 0.25) is 0 Å². The fourth-order valence-electron chi connectivity index (χ4n) is 3.55. The molecule has 1 amide bonds. The van der Waals surface area contributed by atoms with E-state index in [1.54, 1.807) is 36.3 Å². The van der Waals surface area contributed by atoms with E-state index in [1.165, 1.54) is 0 Å². The Morgan fingerprint density at radius 1 is 1.21 bits per heavy atom. The van der Waals surface area contributed by atoms with Gasteiger partial charge in [0.25, 0.3) is 5.91 Å². The summed E-state index contributed by atoms with van der Waals surface area (Å²) in [6.07, 6.45) is 2.68. The highest BCUT2D eigenvalue weighted by molar-refractivity contribution is 5.95. The number of carbonyl (C=O) groups excluding carboxylic acids is 1. The van der Waals surface area contributed by atoms with Crippen molar-refractivity contribution in [3.63, 3.8) is 0 Å². The summed E-state index contributed by atoms with van der Waals surface area (Å²) in [6.45, 7) is 7.01. The van der Waals surface area contributed by atoms with Gasteiger partial charge in [-0.25, -0.2) is 0 Å². The van der Waals surface area contributed by atoms with Gasteiger partial charge in [-0.05, 0) is 43.5 Å². The Kier molecular flexibility index (Phi) is 6.05. The molecule has 2 aromatic rings. The third-order valence-corrected chi connectivity index (χ3v) is 5.20. The minimum absolute atomic E-state index is 0.0696. The first-order valence-corrected chi connectivity index (χ1v) is 9.47. The lowest BCUT2D eigenvalue weighted by molar-refractivity contribution is -0.0211. The Labute approximate surface area is 166 Å². The number of ether oxygens (including phenoxy) is 2. The summed E-state index contributed by atoms with van der Waals surface area (Å²) >= 11 is 0. The smallest absolute Gasteiger partial charge is 0.253 e. The summed E-state index contributed by atoms with van der Waals surface area (Å²) in [7, 11) is 1.55. The second-order valence-electron chi connectivity index (χ2n) is 7.16. The van der Waals surface area contributed by atoms with Gasteiger partial charge in [0.2, 0.25) is 0 Å². The third kappa shape index (κ3) is 4.20. The molecule has 1 aliphatic rings. The molecule has 1 aliphatic heterocycles. The van der Waals surface area contributed by atoms with Gasteiger partial charge >= 0.3 is 0 Å². The van der Waals surface area contributed by atoms with Crippen LogP contribution in [0.1, 0.15) is 34.3 Å². The molecule has 0 saturated carbocycles. The predicted octanol–water partition coefficient (Wildman–Crippen LogP) is 3.69. The molecule has 3 rings (SSSR count). The van der Waals surface area contributed by atoms with E-state index in [2.05, 4.69) is 6.58 Å². The van der Waals surface area contributed by atoms with E-state index in [0.717, 1.165) is 11.1 Å². The fourth-order valence-corrected chi connectivity index (χ4v) is 3.55. The van der Waals surface area contributed by atoms with Crippen molar-refractivity contribution in [2.24, 2.45) is 0 Å². The molecule has 1 N–H and O–H groups in total. The number of nitrogens with zero attached hydrogens (tertiary/aromatic N) is 1. The van der Waals surface area contributed by atoms with E-state index in [4.69, 9.17) is 9.47 Å². The van der Waals surface area contributed by atoms with Gasteiger partial charge in [-0.1, -0.05) is 42.5 Å². The third-order valence-electron chi connectivity index (χ3n) is 5.20. The number of rotatable bonds is 6. The Morgan fingerprint density at radius 3 is 2.61 bits per heavy atom. The molecule has 0 radical (unpaired) electrons. The zero-order chi connectivity index (χ0) is 20.1. The molecule has 1 heterocycles. The van der Waals surface area contributed by atoms with Crippen LogP contribution < -0.4 is 9.47 Å². The van der Waals surface area contributed by atoms with Crippen LogP contribution in [0.4, 0.5) is 0 Å². The molecule has 1 saturated heterocycles. The average molecular weight is 381 g/mol. The summed E-state index contributed by atoms with van der Waals surface area (Å²) in [6, 6.07) is 13.1. The van der Waals surface area contributed by atoms with E-state index in [0.29, 0.717) is 49.6 Å². The normalized spacial score (nSPS) is 15.8. The summed E-state index contributed by atoms with van der Waals surface area (Å²) in [5.41, 5.74) is 1.70.